The quantitative estimate of drug-likeness (QED) is 0.617. The van der Waals surface area contributed by atoms with E-state index < -0.39 is 0 Å². The lowest BCUT2D eigenvalue weighted by molar-refractivity contribution is 1.07. The highest BCUT2D eigenvalue weighted by Gasteiger charge is 2.05. The summed E-state index contributed by atoms with van der Waals surface area (Å²) >= 11 is 12.1. The second-order valence-corrected chi connectivity index (χ2v) is 4.92. The molecule has 0 amide bonds. The highest BCUT2D eigenvalue weighted by molar-refractivity contribution is 6.33. The maximum Gasteiger partial charge on any atom is 0.131 e. The molecule has 2 aromatic heterocycles. The van der Waals surface area contributed by atoms with E-state index >= 15 is 0 Å². The summed E-state index contributed by atoms with van der Waals surface area (Å²) in [4.78, 5) is 3.98. The first-order valence-electron chi connectivity index (χ1n) is 5.79. The largest absolute Gasteiger partial charge is 0.323 e. The van der Waals surface area contributed by atoms with E-state index in [2.05, 4.69) is 4.98 Å². The van der Waals surface area contributed by atoms with E-state index in [1.54, 1.807) is 6.20 Å². The number of hydrogen-bond acceptors (Lipinski definition) is 1. The zero-order valence-corrected chi connectivity index (χ0v) is 11.4. The monoisotopic (exact) mass is 288 g/mol. The van der Waals surface area contributed by atoms with Gasteiger partial charge < -0.3 is 4.57 Å². The molecular formula is C15H10Cl2N2. The molecule has 1 aromatic carbocycles. The molecule has 0 spiro atoms. The van der Waals surface area contributed by atoms with Crippen LogP contribution in [0.2, 0.25) is 10.2 Å². The van der Waals surface area contributed by atoms with E-state index in [1.807, 2.05) is 59.4 Å². The standard InChI is InChI=1S/C15H10Cl2N2/c16-14-4-2-1-3-13(14)11-6-8-19(10-11)12-5-7-18-15(17)9-12/h1-10H. The fraction of sp³-hybridized carbons (Fsp3) is 0. The van der Waals surface area contributed by atoms with Gasteiger partial charge in [0, 0.05) is 40.4 Å². The number of rotatable bonds is 2. The van der Waals surface area contributed by atoms with Gasteiger partial charge in [-0.15, -0.1) is 0 Å². The van der Waals surface area contributed by atoms with Crippen molar-refractivity contribution in [2.45, 2.75) is 0 Å². The second kappa shape index (κ2) is 5.08. The van der Waals surface area contributed by atoms with Gasteiger partial charge in [-0.1, -0.05) is 41.4 Å². The highest BCUT2D eigenvalue weighted by atomic mass is 35.5. The fourth-order valence-corrected chi connectivity index (χ4v) is 2.38. The summed E-state index contributed by atoms with van der Waals surface area (Å²) in [5.41, 5.74) is 3.06. The number of halogens is 2. The van der Waals surface area contributed by atoms with Crippen LogP contribution in [0.15, 0.2) is 61.1 Å². The van der Waals surface area contributed by atoms with Crippen molar-refractivity contribution in [1.29, 1.82) is 0 Å². The zero-order chi connectivity index (χ0) is 13.2. The van der Waals surface area contributed by atoms with E-state index in [4.69, 9.17) is 23.2 Å². The first kappa shape index (κ1) is 12.3. The summed E-state index contributed by atoms with van der Waals surface area (Å²) in [7, 11) is 0. The van der Waals surface area contributed by atoms with E-state index in [1.165, 1.54) is 0 Å². The Bertz CT molecular complexity index is 719. The number of aromatic nitrogens is 2. The van der Waals surface area contributed by atoms with Crippen molar-refractivity contribution in [3.8, 4) is 16.8 Å². The van der Waals surface area contributed by atoms with Crippen LogP contribution >= 0.6 is 23.2 Å². The molecule has 0 radical (unpaired) electrons. The van der Waals surface area contributed by atoms with Crippen molar-refractivity contribution < 1.29 is 0 Å². The smallest absolute Gasteiger partial charge is 0.131 e. The van der Waals surface area contributed by atoms with Gasteiger partial charge in [0.2, 0.25) is 0 Å². The molecule has 2 nitrogen and oxygen atoms in total. The van der Waals surface area contributed by atoms with Gasteiger partial charge in [-0.2, -0.15) is 0 Å². The third-order valence-corrected chi connectivity index (χ3v) is 3.42. The number of benzene rings is 1. The zero-order valence-electron chi connectivity index (χ0n) is 9.92. The molecule has 0 saturated carbocycles. The predicted octanol–water partition coefficient (Wildman–Crippen LogP) is 4.85. The Balaban J connectivity index is 2.03. The Kier molecular flexibility index (Phi) is 3.28. The van der Waals surface area contributed by atoms with E-state index in [0.717, 1.165) is 21.8 Å². The molecular weight excluding hydrogens is 279 g/mol. The van der Waals surface area contributed by atoms with Crippen LogP contribution in [0, 0.1) is 0 Å². The fourth-order valence-electron chi connectivity index (χ4n) is 1.96. The van der Waals surface area contributed by atoms with E-state index in [-0.39, 0.29) is 0 Å². The molecule has 3 rings (SSSR count). The Morgan fingerprint density at radius 1 is 1.00 bits per heavy atom. The van der Waals surface area contributed by atoms with Crippen molar-refractivity contribution in [3.05, 3.63) is 71.2 Å². The minimum atomic E-state index is 0.477. The lowest BCUT2D eigenvalue weighted by Crippen LogP contribution is -1.89. The maximum absolute atomic E-state index is 6.20. The number of nitrogens with zero attached hydrogens (tertiary/aromatic N) is 2. The Hall–Kier alpha value is -1.77. The summed E-state index contributed by atoms with van der Waals surface area (Å²) in [6.07, 6.45) is 5.68. The minimum Gasteiger partial charge on any atom is -0.323 e. The molecule has 0 aliphatic carbocycles. The Morgan fingerprint density at radius 3 is 2.63 bits per heavy atom. The van der Waals surface area contributed by atoms with Crippen molar-refractivity contribution >= 4 is 23.2 Å². The molecule has 0 bridgehead atoms. The van der Waals surface area contributed by atoms with E-state index in [9.17, 15) is 0 Å². The molecule has 0 saturated heterocycles. The third-order valence-electron chi connectivity index (χ3n) is 2.89. The van der Waals surface area contributed by atoms with Crippen LogP contribution in [0.25, 0.3) is 16.8 Å². The molecule has 0 N–H and O–H groups in total. The molecule has 0 atom stereocenters. The van der Waals surface area contributed by atoms with Gasteiger partial charge in [-0.25, -0.2) is 4.98 Å². The van der Waals surface area contributed by atoms with Crippen LogP contribution < -0.4 is 0 Å². The molecule has 0 fully saturated rings. The van der Waals surface area contributed by atoms with Gasteiger partial charge in [0.25, 0.3) is 0 Å². The molecule has 19 heavy (non-hydrogen) atoms. The van der Waals surface area contributed by atoms with Crippen LogP contribution in [0.3, 0.4) is 0 Å². The van der Waals surface area contributed by atoms with Gasteiger partial charge in [0.15, 0.2) is 0 Å². The van der Waals surface area contributed by atoms with E-state index in [0.29, 0.717) is 5.15 Å². The summed E-state index contributed by atoms with van der Waals surface area (Å²) in [5, 5.41) is 1.22. The molecule has 0 aliphatic rings. The topological polar surface area (TPSA) is 17.8 Å². The van der Waals surface area contributed by atoms with Crippen LogP contribution in [0.5, 0.6) is 0 Å². The maximum atomic E-state index is 6.20. The summed E-state index contributed by atoms with van der Waals surface area (Å²) in [6, 6.07) is 13.5. The summed E-state index contributed by atoms with van der Waals surface area (Å²) in [5.74, 6) is 0. The summed E-state index contributed by atoms with van der Waals surface area (Å²) in [6.45, 7) is 0. The average molecular weight is 289 g/mol. The van der Waals surface area contributed by atoms with Crippen LogP contribution in [-0.2, 0) is 0 Å². The van der Waals surface area contributed by atoms with Crippen molar-refractivity contribution in [1.82, 2.24) is 9.55 Å². The van der Waals surface area contributed by atoms with Crippen molar-refractivity contribution in [2.24, 2.45) is 0 Å². The van der Waals surface area contributed by atoms with Crippen LogP contribution in [-0.4, -0.2) is 9.55 Å². The van der Waals surface area contributed by atoms with Gasteiger partial charge in [0.05, 0.1) is 0 Å². The Morgan fingerprint density at radius 2 is 1.84 bits per heavy atom. The normalized spacial score (nSPS) is 10.6. The minimum absolute atomic E-state index is 0.477. The van der Waals surface area contributed by atoms with Gasteiger partial charge in [-0.05, 0) is 24.3 Å². The first-order chi connectivity index (χ1) is 9.24. The molecule has 94 valence electrons. The lowest BCUT2D eigenvalue weighted by Gasteiger charge is -2.03. The van der Waals surface area contributed by atoms with Crippen LogP contribution in [0.1, 0.15) is 0 Å². The average Bonchev–Trinajstić information content (AvgIpc) is 2.89. The van der Waals surface area contributed by atoms with Gasteiger partial charge >= 0.3 is 0 Å². The van der Waals surface area contributed by atoms with Crippen molar-refractivity contribution in [2.75, 3.05) is 0 Å². The molecule has 0 aliphatic heterocycles. The second-order valence-electron chi connectivity index (χ2n) is 4.12. The Labute approximate surface area is 121 Å². The first-order valence-corrected chi connectivity index (χ1v) is 6.54. The third kappa shape index (κ3) is 2.50. The number of pyridine rings is 1. The van der Waals surface area contributed by atoms with Gasteiger partial charge in [-0.3, -0.25) is 0 Å². The molecule has 4 heteroatoms. The summed E-state index contributed by atoms with van der Waals surface area (Å²) < 4.78 is 1.99. The SMILES string of the molecule is Clc1cc(-n2ccc(-c3ccccc3Cl)c2)ccn1. The predicted molar refractivity (Wildman–Crippen MR) is 79.0 cm³/mol. The van der Waals surface area contributed by atoms with Crippen LogP contribution in [0.4, 0.5) is 0 Å². The molecule has 2 heterocycles. The molecule has 3 aromatic rings. The lowest BCUT2D eigenvalue weighted by atomic mass is 10.1. The van der Waals surface area contributed by atoms with Gasteiger partial charge in [0.1, 0.15) is 5.15 Å². The van der Waals surface area contributed by atoms with Crippen molar-refractivity contribution in [3.63, 3.8) is 0 Å². The molecule has 0 unspecified atom stereocenters. The highest BCUT2D eigenvalue weighted by Crippen LogP contribution is 2.28. The number of hydrogen-bond donors (Lipinski definition) is 0.